The Hall–Kier alpha value is -5.48. The summed E-state index contributed by atoms with van der Waals surface area (Å²) in [6.45, 7) is 1.57. The number of nitriles is 1. The summed E-state index contributed by atoms with van der Waals surface area (Å²) >= 11 is 7.10. The van der Waals surface area contributed by atoms with Crippen LogP contribution in [0.25, 0.3) is 22.3 Å². The van der Waals surface area contributed by atoms with Crippen molar-refractivity contribution >= 4 is 35.4 Å². The van der Waals surface area contributed by atoms with Crippen molar-refractivity contribution in [1.29, 1.82) is 10.7 Å². The van der Waals surface area contributed by atoms with Gasteiger partial charge in [-0.2, -0.15) is 5.26 Å². The van der Waals surface area contributed by atoms with Gasteiger partial charge in [-0.1, -0.05) is 41.9 Å². The number of hydrogen-bond acceptors (Lipinski definition) is 9. The molecule has 0 aromatic heterocycles. The van der Waals surface area contributed by atoms with Crippen LogP contribution in [-0.4, -0.2) is 68.0 Å². The summed E-state index contributed by atoms with van der Waals surface area (Å²) in [5, 5.41) is 37.9. The van der Waals surface area contributed by atoms with Gasteiger partial charge in [-0.15, -0.1) is 0 Å². The Labute approximate surface area is 337 Å². The minimum Gasteiger partial charge on any atom is -0.496 e. The third-order valence-corrected chi connectivity index (χ3v) is 11.6. The third-order valence-electron chi connectivity index (χ3n) is 11.2. The highest BCUT2D eigenvalue weighted by Crippen LogP contribution is 2.41. The van der Waals surface area contributed by atoms with Gasteiger partial charge in [0.05, 0.1) is 36.8 Å². The highest BCUT2D eigenvalue weighted by atomic mass is 35.5. The van der Waals surface area contributed by atoms with Crippen LogP contribution >= 0.6 is 11.6 Å². The number of carboxylic acid groups (broad SMARTS) is 1. The topological polar surface area (TPSA) is 160 Å². The number of ether oxygens (including phenoxy) is 2. The van der Waals surface area contributed by atoms with E-state index in [0.29, 0.717) is 93.5 Å². The van der Waals surface area contributed by atoms with Crippen LogP contribution in [0.15, 0.2) is 60.7 Å². The van der Waals surface area contributed by atoms with E-state index in [1.54, 1.807) is 13.2 Å². The van der Waals surface area contributed by atoms with E-state index in [-0.39, 0.29) is 37.0 Å². The van der Waals surface area contributed by atoms with Crippen molar-refractivity contribution < 1.29 is 28.6 Å². The first-order valence-corrected chi connectivity index (χ1v) is 19.5. The number of rotatable bonds is 16. The molecule has 1 unspecified atom stereocenters. The second kappa shape index (κ2) is 18.6. The normalized spacial score (nSPS) is 17.8. The molecule has 13 heteroatoms. The van der Waals surface area contributed by atoms with Crippen LogP contribution in [0.1, 0.15) is 66.3 Å². The van der Waals surface area contributed by atoms with Crippen LogP contribution in [0.4, 0.5) is 10.1 Å². The molecule has 57 heavy (non-hydrogen) atoms. The van der Waals surface area contributed by atoms with E-state index in [1.165, 1.54) is 19.4 Å². The number of hydrogen-bond donors (Lipinski definition) is 5. The Balaban J connectivity index is 1.20. The maximum absolute atomic E-state index is 15.7. The lowest BCUT2D eigenvalue weighted by molar-refractivity contribution is -0.143. The lowest BCUT2D eigenvalue weighted by atomic mass is 9.85. The summed E-state index contributed by atoms with van der Waals surface area (Å²) < 4.78 is 27.1. The van der Waals surface area contributed by atoms with E-state index >= 15 is 4.39 Å². The van der Waals surface area contributed by atoms with Crippen molar-refractivity contribution in [3.8, 4) is 39.8 Å². The van der Waals surface area contributed by atoms with Crippen molar-refractivity contribution in [3.63, 3.8) is 0 Å². The van der Waals surface area contributed by atoms with Crippen LogP contribution < -0.4 is 25.4 Å². The van der Waals surface area contributed by atoms with E-state index in [4.69, 9.17) is 26.5 Å². The summed E-state index contributed by atoms with van der Waals surface area (Å²) in [5.41, 5.74) is 6.20. The number of methoxy groups -OCH3 is 2. The molecule has 0 spiro atoms. The molecule has 1 saturated heterocycles. The number of aliphatic carboxylic acids is 1. The molecule has 0 radical (unpaired) electrons. The Bertz CT molecular complexity index is 2180. The van der Waals surface area contributed by atoms with Gasteiger partial charge in [-0.25, -0.2) is 4.39 Å². The van der Waals surface area contributed by atoms with Gasteiger partial charge in [0.1, 0.15) is 17.3 Å². The highest BCUT2D eigenvalue weighted by Gasteiger charge is 2.29. The monoisotopic (exact) mass is 794 g/mol. The Morgan fingerprint density at radius 1 is 1.02 bits per heavy atom. The predicted octanol–water partition coefficient (Wildman–Crippen LogP) is 7.76. The van der Waals surface area contributed by atoms with Crippen molar-refractivity contribution in [3.05, 3.63) is 99.3 Å². The standard InChI is InChI=1S/C44H48ClFN6O5/c1-52(32-13-10-26(11-14-32)44(54)55)25-30-16-28(20-47)29(19-40(30)56-2)22-50-39-9-5-7-34(36(39)21-48)35-8-4-6-33(43(35)45)27-17-38(46)37(41(18-27)57-3)24-49-23-31-12-15-42(53)51-31/h4-9,16-19,21,26,31-32,48-50H,10-15,22-25H2,1-3H3,(H,51,53)(H,54,55). The van der Waals surface area contributed by atoms with Crippen molar-refractivity contribution in [2.45, 2.75) is 70.2 Å². The van der Waals surface area contributed by atoms with E-state index in [9.17, 15) is 20.0 Å². The van der Waals surface area contributed by atoms with E-state index < -0.39 is 11.8 Å². The van der Waals surface area contributed by atoms with Crippen molar-refractivity contribution in [1.82, 2.24) is 15.5 Å². The van der Waals surface area contributed by atoms with Crippen LogP contribution in [0.2, 0.25) is 5.02 Å². The first-order chi connectivity index (χ1) is 27.5. The van der Waals surface area contributed by atoms with Gasteiger partial charge in [-0.3, -0.25) is 14.5 Å². The summed E-state index contributed by atoms with van der Waals surface area (Å²) in [5.74, 6) is -0.420. The number of halogens is 2. The number of amides is 1. The third kappa shape index (κ3) is 9.39. The molecule has 11 nitrogen and oxygen atoms in total. The molecule has 4 aromatic rings. The predicted molar refractivity (Wildman–Crippen MR) is 219 cm³/mol. The summed E-state index contributed by atoms with van der Waals surface area (Å²) in [7, 11) is 5.12. The average Bonchev–Trinajstić information content (AvgIpc) is 3.64. The molecular formula is C44H48ClFN6O5. The zero-order chi connectivity index (χ0) is 40.6. The number of carbonyl (C=O) groups excluding carboxylic acids is 1. The molecule has 298 valence electrons. The maximum Gasteiger partial charge on any atom is 0.306 e. The molecule has 6 rings (SSSR count). The Morgan fingerprint density at radius 2 is 1.74 bits per heavy atom. The van der Waals surface area contributed by atoms with Gasteiger partial charge in [0.15, 0.2) is 0 Å². The molecule has 0 bridgehead atoms. The maximum atomic E-state index is 15.7. The minimum absolute atomic E-state index is 0.0144. The number of anilines is 1. The number of benzene rings is 4. The molecule has 1 aliphatic heterocycles. The van der Waals surface area contributed by atoms with Gasteiger partial charge in [0.25, 0.3) is 0 Å². The van der Waals surface area contributed by atoms with Gasteiger partial charge >= 0.3 is 5.97 Å². The lowest BCUT2D eigenvalue weighted by Gasteiger charge is -2.33. The van der Waals surface area contributed by atoms with Gasteiger partial charge < -0.3 is 35.9 Å². The first kappa shape index (κ1) is 41.2. The molecule has 1 atom stereocenters. The zero-order valence-electron chi connectivity index (χ0n) is 32.4. The molecule has 1 saturated carbocycles. The van der Waals surface area contributed by atoms with E-state index in [1.807, 2.05) is 55.6 Å². The van der Waals surface area contributed by atoms with Gasteiger partial charge in [-0.05, 0) is 86.2 Å². The Kier molecular flexibility index (Phi) is 13.5. The number of carbonyl (C=O) groups is 2. The number of nitrogens with zero attached hydrogens (tertiary/aromatic N) is 2. The quantitative estimate of drug-likeness (QED) is 0.0715. The largest absolute Gasteiger partial charge is 0.496 e. The fourth-order valence-electron chi connectivity index (χ4n) is 7.98. The number of nitrogens with one attached hydrogen (secondary N) is 4. The second-order valence-electron chi connectivity index (χ2n) is 14.7. The first-order valence-electron chi connectivity index (χ1n) is 19.1. The summed E-state index contributed by atoms with van der Waals surface area (Å²) in [6, 6.07) is 20.6. The molecular weight excluding hydrogens is 747 g/mol. The summed E-state index contributed by atoms with van der Waals surface area (Å²) in [4.78, 5) is 25.2. The number of carboxylic acids is 1. The van der Waals surface area contributed by atoms with Crippen LogP contribution in [-0.2, 0) is 29.2 Å². The smallest absolute Gasteiger partial charge is 0.306 e. The van der Waals surface area contributed by atoms with Crippen molar-refractivity contribution in [2.75, 3.05) is 33.1 Å². The van der Waals surface area contributed by atoms with E-state index in [0.717, 1.165) is 30.4 Å². The average molecular weight is 795 g/mol. The summed E-state index contributed by atoms with van der Waals surface area (Å²) in [6.07, 6.45) is 5.40. The molecule has 1 amide bonds. The van der Waals surface area contributed by atoms with Crippen LogP contribution in [0.3, 0.4) is 0 Å². The molecule has 4 aromatic carbocycles. The molecule has 1 aliphatic carbocycles. The molecule has 5 N–H and O–H groups in total. The van der Waals surface area contributed by atoms with Gasteiger partial charge in [0, 0.05) is 84.4 Å². The van der Waals surface area contributed by atoms with Crippen LogP contribution in [0.5, 0.6) is 11.5 Å². The molecule has 2 aliphatic rings. The fourth-order valence-corrected chi connectivity index (χ4v) is 8.31. The van der Waals surface area contributed by atoms with E-state index in [2.05, 4.69) is 26.9 Å². The van der Waals surface area contributed by atoms with Gasteiger partial charge in [0.2, 0.25) is 5.91 Å². The van der Waals surface area contributed by atoms with Crippen molar-refractivity contribution in [2.24, 2.45) is 5.92 Å². The molecule has 1 heterocycles. The second-order valence-corrected chi connectivity index (χ2v) is 15.1. The minimum atomic E-state index is -0.728. The zero-order valence-corrected chi connectivity index (χ0v) is 33.1. The lowest BCUT2D eigenvalue weighted by Crippen LogP contribution is -2.36. The molecule has 2 fully saturated rings. The highest BCUT2D eigenvalue weighted by molar-refractivity contribution is 6.36. The fraction of sp³-hybridized carbons (Fsp3) is 0.364. The SMILES string of the molecule is COc1cc(CNc2cccc(-c3cccc(-c4cc(F)c(CNCC5CCC(=O)N5)c(OC)c4)c3Cl)c2C=N)c(C#N)cc1CN(C)C1CCC(C(=O)O)CC1. The Morgan fingerprint density at radius 3 is 2.40 bits per heavy atom. The van der Waals surface area contributed by atoms with Crippen LogP contribution in [0, 0.1) is 28.5 Å².